The fourth-order valence-corrected chi connectivity index (χ4v) is 3.60. The fraction of sp³-hybridized carbons (Fsp3) is 0.316. The van der Waals surface area contributed by atoms with Crippen molar-refractivity contribution >= 4 is 33.2 Å². The Morgan fingerprint density at radius 3 is 2.50 bits per heavy atom. The van der Waals surface area contributed by atoms with Crippen molar-refractivity contribution in [1.29, 1.82) is 0 Å². The highest BCUT2D eigenvalue weighted by atomic mass is 79.9. The predicted molar refractivity (Wildman–Crippen MR) is 104 cm³/mol. The molecule has 1 aliphatic rings. The molecule has 1 aliphatic heterocycles. The minimum absolute atomic E-state index is 0.0921. The number of rotatable bonds is 5. The molecule has 2 aromatic carbocycles. The van der Waals surface area contributed by atoms with Crippen LogP contribution < -0.4 is 4.90 Å². The number of benzene rings is 2. The molecular formula is C19H20BrN3O3. The average Bonchev–Trinajstić information content (AvgIpc) is 2.67. The van der Waals surface area contributed by atoms with E-state index >= 15 is 0 Å². The van der Waals surface area contributed by atoms with E-state index < -0.39 is 0 Å². The van der Waals surface area contributed by atoms with Crippen LogP contribution in [0.5, 0.6) is 0 Å². The lowest BCUT2D eigenvalue weighted by Gasteiger charge is -2.36. The smallest absolute Gasteiger partial charge is 0.271 e. The molecule has 1 fully saturated rings. The average molecular weight is 418 g/mol. The standard InChI is InChI=1S/C19H20BrN3O3/c20-18-7-2-1-4-15(18)8-9-19(24)22-12-10-21(11-13-22)16-5-3-6-17(14-16)23(25)26/h1-7,14H,8-13H2. The van der Waals surface area contributed by atoms with Crippen molar-refractivity contribution in [1.82, 2.24) is 4.90 Å². The number of aryl methyl sites for hydroxylation is 1. The molecule has 6 nitrogen and oxygen atoms in total. The highest BCUT2D eigenvalue weighted by Crippen LogP contribution is 2.23. The van der Waals surface area contributed by atoms with Gasteiger partial charge >= 0.3 is 0 Å². The molecule has 1 saturated heterocycles. The first-order chi connectivity index (χ1) is 12.5. The van der Waals surface area contributed by atoms with E-state index in [2.05, 4.69) is 20.8 Å². The van der Waals surface area contributed by atoms with E-state index in [1.54, 1.807) is 12.1 Å². The molecule has 26 heavy (non-hydrogen) atoms. The largest absolute Gasteiger partial charge is 0.368 e. The molecule has 2 aromatic rings. The highest BCUT2D eigenvalue weighted by Gasteiger charge is 2.22. The van der Waals surface area contributed by atoms with Gasteiger partial charge in [0.05, 0.1) is 4.92 Å². The van der Waals surface area contributed by atoms with Gasteiger partial charge in [-0.3, -0.25) is 14.9 Å². The Balaban J connectivity index is 1.53. The first-order valence-corrected chi connectivity index (χ1v) is 9.34. The summed E-state index contributed by atoms with van der Waals surface area (Å²) in [6, 6.07) is 14.6. The number of hydrogen-bond donors (Lipinski definition) is 0. The molecule has 0 N–H and O–H groups in total. The molecule has 3 rings (SSSR count). The monoisotopic (exact) mass is 417 g/mol. The number of carbonyl (C=O) groups excluding carboxylic acids is 1. The predicted octanol–water partition coefficient (Wildman–Crippen LogP) is 3.64. The van der Waals surface area contributed by atoms with Crippen LogP contribution in [0.2, 0.25) is 0 Å². The summed E-state index contributed by atoms with van der Waals surface area (Å²) in [5.41, 5.74) is 2.06. The molecular weight excluding hydrogens is 398 g/mol. The first-order valence-electron chi connectivity index (χ1n) is 8.55. The van der Waals surface area contributed by atoms with Gasteiger partial charge in [-0.25, -0.2) is 0 Å². The Kier molecular flexibility index (Phi) is 5.88. The molecule has 0 spiro atoms. The van der Waals surface area contributed by atoms with Gasteiger partial charge in [0.15, 0.2) is 0 Å². The summed E-state index contributed by atoms with van der Waals surface area (Å²) in [4.78, 5) is 27.0. The summed E-state index contributed by atoms with van der Waals surface area (Å²) in [7, 11) is 0. The summed E-state index contributed by atoms with van der Waals surface area (Å²) >= 11 is 3.51. The van der Waals surface area contributed by atoms with Crippen LogP contribution in [0.1, 0.15) is 12.0 Å². The Morgan fingerprint density at radius 2 is 1.81 bits per heavy atom. The molecule has 0 bridgehead atoms. The van der Waals surface area contributed by atoms with E-state index in [-0.39, 0.29) is 16.5 Å². The lowest BCUT2D eigenvalue weighted by atomic mass is 10.1. The van der Waals surface area contributed by atoms with Gasteiger partial charge in [-0.05, 0) is 24.1 Å². The van der Waals surface area contributed by atoms with Crippen LogP contribution in [0.15, 0.2) is 53.0 Å². The number of halogens is 1. The maximum absolute atomic E-state index is 12.5. The zero-order chi connectivity index (χ0) is 18.5. The van der Waals surface area contributed by atoms with Crippen molar-refractivity contribution in [2.24, 2.45) is 0 Å². The third kappa shape index (κ3) is 4.40. The van der Waals surface area contributed by atoms with Gasteiger partial charge in [0.25, 0.3) is 5.69 Å². The molecule has 0 radical (unpaired) electrons. The molecule has 0 atom stereocenters. The van der Waals surface area contributed by atoms with E-state index in [0.717, 1.165) is 15.7 Å². The molecule has 1 heterocycles. The Bertz CT molecular complexity index is 804. The van der Waals surface area contributed by atoms with Crippen LogP contribution in [0.25, 0.3) is 0 Å². The topological polar surface area (TPSA) is 66.7 Å². The third-order valence-electron chi connectivity index (χ3n) is 4.60. The minimum Gasteiger partial charge on any atom is -0.368 e. The maximum atomic E-state index is 12.5. The van der Waals surface area contributed by atoms with Crippen LogP contribution in [0.3, 0.4) is 0 Å². The Hall–Kier alpha value is -2.41. The number of piperazine rings is 1. The van der Waals surface area contributed by atoms with E-state index in [0.29, 0.717) is 39.0 Å². The van der Waals surface area contributed by atoms with E-state index in [4.69, 9.17) is 0 Å². The number of nitrogens with zero attached hydrogens (tertiary/aromatic N) is 3. The van der Waals surface area contributed by atoms with Crippen molar-refractivity contribution in [2.75, 3.05) is 31.1 Å². The molecule has 0 aromatic heterocycles. The Labute approximate surface area is 160 Å². The van der Waals surface area contributed by atoms with Crippen molar-refractivity contribution in [3.63, 3.8) is 0 Å². The number of carbonyl (C=O) groups is 1. The van der Waals surface area contributed by atoms with Gasteiger partial charge in [-0.15, -0.1) is 0 Å². The van der Waals surface area contributed by atoms with Gasteiger partial charge in [-0.2, -0.15) is 0 Å². The minimum atomic E-state index is -0.384. The number of non-ortho nitro benzene ring substituents is 1. The zero-order valence-corrected chi connectivity index (χ0v) is 15.9. The Morgan fingerprint density at radius 1 is 1.08 bits per heavy atom. The molecule has 0 unspecified atom stereocenters. The number of nitro benzene ring substituents is 1. The first kappa shape index (κ1) is 18.4. The van der Waals surface area contributed by atoms with E-state index in [1.165, 1.54) is 6.07 Å². The van der Waals surface area contributed by atoms with Gasteiger partial charge in [0, 0.05) is 54.9 Å². The second-order valence-corrected chi connectivity index (χ2v) is 7.09. The zero-order valence-electron chi connectivity index (χ0n) is 14.3. The van der Waals surface area contributed by atoms with E-state index in [9.17, 15) is 14.9 Å². The molecule has 7 heteroatoms. The number of anilines is 1. The second kappa shape index (κ2) is 8.31. The van der Waals surface area contributed by atoms with E-state index in [1.807, 2.05) is 35.2 Å². The van der Waals surface area contributed by atoms with Gasteiger partial charge in [-0.1, -0.05) is 40.2 Å². The summed E-state index contributed by atoms with van der Waals surface area (Å²) < 4.78 is 1.03. The lowest BCUT2D eigenvalue weighted by molar-refractivity contribution is -0.384. The molecule has 1 amide bonds. The van der Waals surface area contributed by atoms with Gasteiger partial charge in [0.2, 0.25) is 5.91 Å². The van der Waals surface area contributed by atoms with Crippen LogP contribution in [-0.4, -0.2) is 41.9 Å². The normalized spacial score (nSPS) is 14.3. The lowest BCUT2D eigenvalue weighted by Crippen LogP contribution is -2.48. The summed E-state index contributed by atoms with van der Waals surface area (Å²) in [5, 5.41) is 10.9. The quantitative estimate of drug-likeness (QED) is 0.550. The van der Waals surface area contributed by atoms with Crippen molar-refractivity contribution in [2.45, 2.75) is 12.8 Å². The van der Waals surface area contributed by atoms with Crippen LogP contribution in [-0.2, 0) is 11.2 Å². The molecule has 0 saturated carbocycles. The van der Waals surface area contributed by atoms with Crippen LogP contribution >= 0.6 is 15.9 Å². The van der Waals surface area contributed by atoms with Crippen LogP contribution in [0, 0.1) is 10.1 Å². The number of hydrogen-bond acceptors (Lipinski definition) is 4. The molecule has 0 aliphatic carbocycles. The SMILES string of the molecule is O=C(CCc1ccccc1Br)N1CCN(c2cccc([N+](=O)[O-])c2)CC1. The highest BCUT2D eigenvalue weighted by molar-refractivity contribution is 9.10. The summed E-state index contributed by atoms with van der Waals surface area (Å²) in [6.07, 6.45) is 1.20. The number of amides is 1. The third-order valence-corrected chi connectivity index (χ3v) is 5.38. The molecule has 136 valence electrons. The van der Waals surface area contributed by atoms with Crippen LogP contribution in [0.4, 0.5) is 11.4 Å². The van der Waals surface area contributed by atoms with Crippen molar-refractivity contribution in [3.05, 3.63) is 68.7 Å². The van der Waals surface area contributed by atoms with Crippen molar-refractivity contribution < 1.29 is 9.72 Å². The second-order valence-electron chi connectivity index (χ2n) is 6.24. The van der Waals surface area contributed by atoms with Gasteiger partial charge < -0.3 is 9.80 Å². The summed E-state index contributed by atoms with van der Waals surface area (Å²) in [6.45, 7) is 2.64. The maximum Gasteiger partial charge on any atom is 0.271 e. The fourth-order valence-electron chi connectivity index (χ4n) is 3.12. The van der Waals surface area contributed by atoms with Gasteiger partial charge in [0.1, 0.15) is 0 Å². The summed E-state index contributed by atoms with van der Waals surface area (Å²) in [5.74, 6) is 0.152. The number of nitro groups is 1. The van der Waals surface area contributed by atoms with Crippen molar-refractivity contribution in [3.8, 4) is 0 Å².